The van der Waals surface area contributed by atoms with Crippen molar-refractivity contribution < 1.29 is 64.6 Å². The van der Waals surface area contributed by atoms with Gasteiger partial charge in [0.15, 0.2) is 12.6 Å². The zero-order chi connectivity index (χ0) is 48.9. The van der Waals surface area contributed by atoms with Crippen LogP contribution in [0.4, 0.5) is 0 Å². The Morgan fingerprint density at radius 3 is 1.42 bits per heavy atom. The van der Waals surface area contributed by atoms with Gasteiger partial charge in [-0.15, -0.1) is 0 Å². The predicted molar refractivity (Wildman–Crippen MR) is 263 cm³/mol. The summed E-state index contributed by atoms with van der Waals surface area (Å²) in [4.78, 5) is 13.2. The van der Waals surface area contributed by atoms with Crippen LogP contribution in [0.5, 0.6) is 0 Å². The van der Waals surface area contributed by atoms with Crippen molar-refractivity contribution in [3.63, 3.8) is 0 Å². The fourth-order valence-corrected chi connectivity index (χ4v) is 8.93. The SMILES string of the molecule is CCCCCCC/C=C\CCCCCCCC(=O)NC(COC1OC(CO)C(OC2OC(CO)C(O)C(O)C2O)C(O)C1O)C(O)/C=C/CCCCCCCCCCCCCCCCCCC. The number of allylic oxidation sites excluding steroid dienone is 3. The number of carbonyl (C=O) groups excluding carboxylic acids is 1. The third-order valence-electron chi connectivity index (χ3n) is 13.4. The maximum atomic E-state index is 13.2. The molecule has 14 nitrogen and oxygen atoms in total. The Kier molecular flexibility index (Phi) is 36.9. The summed E-state index contributed by atoms with van der Waals surface area (Å²) in [6, 6.07) is -0.915. The second-order valence-electron chi connectivity index (χ2n) is 19.4. The minimum atomic E-state index is -1.79. The minimum absolute atomic E-state index is 0.248. The van der Waals surface area contributed by atoms with Crippen LogP contribution >= 0.6 is 0 Å². The van der Waals surface area contributed by atoms with Crippen LogP contribution in [0.3, 0.4) is 0 Å². The minimum Gasteiger partial charge on any atom is -0.394 e. The number of amides is 1. The van der Waals surface area contributed by atoms with Gasteiger partial charge < -0.3 is 65.1 Å². The van der Waals surface area contributed by atoms with E-state index in [1.807, 2.05) is 6.08 Å². The van der Waals surface area contributed by atoms with Gasteiger partial charge >= 0.3 is 0 Å². The van der Waals surface area contributed by atoms with Crippen LogP contribution in [0.2, 0.25) is 0 Å². The quantitative estimate of drug-likeness (QED) is 0.0211. The summed E-state index contributed by atoms with van der Waals surface area (Å²) in [5.74, 6) is -0.248. The van der Waals surface area contributed by atoms with Gasteiger partial charge in [-0.05, 0) is 44.9 Å². The Morgan fingerprint density at radius 1 is 0.522 bits per heavy atom. The molecule has 0 aromatic carbocycles. The van der Waals surface area contributed by atoms with Crippen molar-refractivity contribution >= 4 is 5.91 Å². The van der Waals surface area contributed by atoms with E-state index >= 15 is 0 Å². The van der Waals surface area contributed by atoms with Crippen LogP contribution in [0.25, 0.3) is 0 Å². The van der Waals surface area contributed by atoms with Gasteiger partial charge in [0.1, 0.15) is 48.8 Å². The van der Waals surface area contributed by atoms with Gasteiger partial charge in [-0.3, -0.25) is 4.79 Å². The van der Waals surface area contributed by atoms with Crippen LogP contribution in [0.1, 0.15) is 213 Å². The van der Waals surface area contributed by atoms with Crippen molar-refractivity contribution in [2.24, 2.45) is 0 Å². The molecule has 0 bridgehead atoms. The molecule has 12 atom stereocenters. The number of ether oxygens (including phenoxy) is 4. The van der Waals surface area contributed by atoms with Crippen molar-refractivity contribution in [1.82, 2.24) is 5.32 Å². The number of unbranched alkanes of at least 4 members (excludes halogenated alkanes) is 27. The van der Waals surface area contributed by atoms with Gasteiger partial charge in [-0.1, -0.05) is 186 Å². The summed E-state index contributed by atoms with van der Waals surface area (Å²) >= 11 is 0. The molecule has 1 amide bonds. The molecule has 9 N–H and O–H groups in total. The van der Waals surface area contributed by atoms with E-state index in [1.54, 1.807) is 6.08 Å². The molecule has 0 radical (unpaired) electrons. The fraction of sp³-hybridized carbons (Fsp3) is 0.906. The number of rotatable bonds is 42. The van der Waals surface area contributed by atoms with Gasteiger partial charge in [-0.25, -0.2) is 0 Å². The molecule has 14 heteroatoms. The van der Waals surface area contributed by atoms with E-state index in [-0.39, 0.29) is 18.9 Å². The second-order valence-corrected chi connectivity index (χ2v) is 19.4. The van der Waals surface area contributed by atoms with Crippen LogP contribution in [-0.2, 0) is 23.7 Å². The molecule has 0 aliphatic carbocycles. The predicted octanol–water partition coefficient (Wildman–Crippen LogP) is 7.72. The average Bonchev–Trinajstić information content (AvgIpc) is 3.32. The second kappa shape index (κ2) is 40.1. The topological polar surface area (TPSA) is 228 Å². The van der Waals surface area contributed by atoms with Gasteiger partial charge in [-0.2, -0.15) is 0 Å². The van der Waals surface area contributed by atoms with E-state index in [0.29, 0.717) is 6.42 Å². The lowest BCUT2D eigenvalue weighted by Gasteiger charge is -2.46. The summed E-state index contributed by atoms with van der Waals surface area (Å²) < 4.78 is 22.7. The molecule has 0 aromatic heterocycles. The van der Waals surface area contributed by atoms with Gasteiger partial charge in [0.2, 0.25) is 5.91 Å². The molecule has 2 rings (SSSR count). The lowest BCUT2D eigenvalue weighted by atomic mass is 9.97. The van der Waals surface area contributed by atoms with E-state index in [0.717, 1.165) is 57.8 Å². The van der Waals surface area contributed by atoms with Crippen molar-refractivity contribution in [2.75, 3.05) is 19.8 Å². The van der Waals surface area contributed by atoms with Gasteiger partial charge in [0, 0.05) is 6.42 Å². The zero-order valence-corrected chi connectivity index (χ0v) is 41.9. The van der Waals surface area contributed by atoms with E-state index in [1.165, 1.54) is 128 Å². The number of nitrogens with one attached hydrogen (secondary N) is 1. The molecule has 2 fully saturated rings. The van der Waals surface area contributed by atoms with Crippen LogP contribution in [-0.4, -0.2) is 140 Å². The number of aliphatic hydroxyl groups excluding tert-OH is 8. The van der Waals surface area contributed by atoms with E-state index in [4.69, 9.17) is 18.9 Å². The molecule has 2 aliphatic heterocycles. The smallest absolute Gasteiger partial charge is 0.220 e. The summed E-state index contributed by atoms with van der Waals surface area (Å²) in [6.07, 6.45) is 27.8. The summed E-state index contributed by atoms with van der Waals surface area (Å²) in [6.45, 7) is 2.78. The lowest BCUT2D eigenvalue weighted by Crippen LogP contribution is -2.65. The molecular weight excluding hydrogens is 859 g/mol. The summed E-state index contributed by atoms with van der Waals surface area (Å²) in [5.41, 5.74) is 0. The third kappa shape index (κ3) is 27.0. The van der Waals surface area contributed by atoms with E-state index < -0.39 is 86.8 Å². The van der Waals surface area contributed by atoms with Crippen molar-refractivity contribution in [1.29, 1.82) is 0 Å². The Bertz CT molecular complexity index is 1220. The number of aliphatic hydroxyl groups is 8. The largest absolute Gasteiger partial charge is 0.394 e. The van der Waals surface area contributed by atoms with Crippen molar-refractivity contribution in [2.45, 2.75) is 286 Å². The Balaban J connectivity index is 1.83. The molecule has 2 heterocycles. The Labute approximate surface area is 405 Å². The molecule has 0 aromatic rings. The highest BCUT2D eigenvalue weighted by Crippen LogP contribution is 2.30. The standard InChI is InChI=1S/C53H99NO13/c1-3-5-7-9-11-13-15-17-19-20-21-22-23-24-26-28-30-32-34-36-42(57)41(54-45(58)37-35-33-31-29-27-25-18-16-14-12-10-8-6-4-2)40-64-52-50(63)48(61)51(44(39-56)66-52)67-53-49(62)47(60)46(59)43(38-55)65-53/h16,18,34,36,41-44,46-53,55-57,59-63H,3-15,17,19-33,35,37-40H2,1-2H3,(H,54,58)/b18-16-,36-34+. The first kappa shape index (κ1) is 61.6. The van der Waals surface area contributed by atoms with Gasteiger partial charge in [0.05, 0.1) is 32.0 Å². The highest BCUT2D eigenvalue weighted by Gasteiger charge is 2.51. The molecular formula is C53H99NO13. The fourth-order valence-electron chi connectivity index (χ4n) is 8.93. The summed E-state index contributed by atoms with van der Waals surface area (Å²) in [5, 5.41) is 86.8. The maximum Gasteiger partial charge on any atom is 0.220 e. The Hall–Kier alpha value is -1.53. The average molecular weight is 958 g/mol. The maximum absolute atomic E-state index is 13.2. The molecule has 0 saturated carbocycles. The van der Waals surface area contributed by atoms with Crippen molar-refractivity contribution in [3.8, 4) is 0 Å². The highest BCUT2D eigenvalue weighted by molar-refractivity contribution is 5.76. The van der Waals surface area contributed by atoms with E-state index in [9.17, 15) is 45.6 Å². The first-order valence-electron chi connectivity index (χ1n) is 27.1. The molecule has 0 spiro atoms. The van der Waals surface area contributed by atoms with Crippen molar-refractivity contribution in [3.05, 3.63) is 24.3 Å². The van der Waals surface area contributed by atoms with Crippen LogP contribution in [0, 0.1) is 0 Å². The number of carbonyl (C=O) groups is 1. The normalized spacial score (nSPS) is 26.7. The van der Waals surface area contributed by atoms with Crippen LogP contribution in [0.15, 0.2) is 24.3 Å². The molecule has 2 aliphatic rings. The van der Waals surface area contributed by atoms with Gasteiger partial charge in [0.25, 0.3) is 0 Å². The van der Waals surface area contributed by atoms with E-state index in [2.05, 4.69) is 31.3 Å². The zero-order valence-electron chi connectivity index (χ0n) is 41.9. The number of hydrogen-bond acceptors (Lipinski definition) is 13. The highest BCUT2D eigenvalue weighted by atomic mass is 16.7. The summed E-state index contributed by atoms with van der Waals surface area (Å²) in [7, 11) is 0. The number of hydrogen-bond donors (Lipinski definition) is 9. The monoisotopic (exact) mass is 958 g/mol. The molecule has 2 saturated heterocycles. The first-order valence-corrected chi connectivity index (χ1v) is 27.1. The molecule has 12 unspecified atom stereocenters. The third-order valence-corrected chi connectivity index (χ3v) is 13.4. The Morgan fingerprint density at radius 2 is 0.940 bits per heavy atom. The van der Waals surface area contributed by atoms with Crippen LogP contribution < -0.4 is 5.32 Å². The first-order chi connectivity index (χ1) is 32.6. The lowest BCUT2D eigenvalue weighted by molar-refractivity contribution is -0.359. The molecule has 67 heavy (non-hydrogen) atoms. The molecule has 394 valence electrons.